The van der Waals surface area contributed by atoms with Gasteiger partial charge in [0.1, 0.15) is 0 Å². The SMILES string of the molecule is CCOC1(C)ON1C=O. The minimum atomic E-state index is -0.767. The van der Waals surface area contributed by atoms with Crippen LogP contribution in [0.15, 0.2) is 0 Å². The van der Waals surface area contributed by atoms with E-state index < -0.39 is 5.91 Å². The highest BCUT2D eigenvalue weighted by Crippen LogP contribution is 2.32. The fourth-order valence-corrected chi connectivity index (χ4v) is 0.637. The summed E-state index contributed by atoms with van der Waals surface area (Å²) in [5.74, 6) is -0.767. The lowest BCUT2D eigenvalue weighted by molar-refractivity contribution is -0.119. The van der Waals surface area contributed by atoms with E-state index in [1.54, 1.807) is 6.92 Å². The fourth-order valence-electron chi connectivity index (χ4n) is 0.637. The standard InChI is InChI=1S/C5H9NO3/c1-3-8-5(2)6(4-7)9-5/h4H,3H2,1-2H3. The summed E-state index contributed by atoms with van der Waals surface area (Å²) < 4.78 is 5.02. The van der Waals surface area contributed by atoms with Crippen molar-refractivity contribution in [3.05, 3.63) is 0 Å². The molecule has 0 aliphatic carbocycles. The minimum absolute atomic E-state index is 0.542. The Labute approximate surface area is 53.3 Å². The number of carbonyl (C=O) groups excluding carboxylic acids is 1. The molecule has 9 heavy (non-hydrogen) atoms. The molecule has 1 saturated heterocycles. The van der Waals surface area contributed by atoms with Crippen LogP contribution in [-0.2, 0) is 14.4 Å². The van der Waals surface area contributed by atoms with Gasteiger partial charge in [-0.25, -0.2) is 4.84 Å². The highest BCUT2D eigenvalue weighted by molar-refractivity contribution is 5.48. The zero-order valence-electron chi connectivity index (χ0n) is 5.46. The molecule has 0 bridgehead atoms. The summed E-state index contributed by atoms with van der Waals surface area (Å²) in [6.45, 7) is 4.07. The summed E-state index contributed by atoms with van der Waals surface area (Å²) in [5.41, 5.74) is 0. The zero-order chi connectivity index (χ0) is 6.91. The quantitative estimate of drug-likeness (QED) is 0.403. The van der Waals surface area contributed by atoms with Crippen LogP contribution >= 0.6 is 0 Å². The molecular weight excluding hydrogens is 122 g/mol. The maximum absolute atomic E-state index is 9.98. The van der Waals surface area contributed by atoms with Crippen LogP contribution in [0.2, 0.25) is 0 Å². The fraction of sp³-hybridized carbons (Fsp3) is 0.800. The lowest BCUT2D eigenvalue weighted by Crippen LogP contribution is -2.17. The van der Waals surface area contributed by atoms with E-state index in [-0.39, 0.29) is 0 Å². The van der Waals surface area contributed by atoms with Crippen LogP contribution in [0.4, 0.5) is 0 Å². The first-order chi connectivity index (χ1) is 4.23. The molecule has 1 heterocycles. The summed E-state index contributed by atoms with van der Waals surface area (Å²) in [6, 6.07) is 0. The van der Waals surface area contributed by atoms with Gasteiger partial charge in [-0.05, 0) is 6.92 Å². The Kier molecular flexibility index (Phi) is 1.42. The molecule has 0 saturated carbocycles. The van der Waals surface area contributed by atoms with Crippen molar-refractivity contribution in [2.45, 2.75) is 19.8 Å². The van der Waals surface area contributed by atoms with E-state index in [2.05, 4.69) is 0 Å². The molecule has 4 heteroatoms. The van der Waals surface area contributed by atoms with Crippen LogP contribution in [-0.4, -0.2) is 24.0 Å². The van der Waals surface area contributed by atoms with Gasteiger partial charge in [0.15, 0.2) is 0 Å². The van der Waals surface area contributed by atoms with Crippen molar-refractivity contribution in [3.63, 3.8) is 0 Å². The van der Waals surface area contributed by atoms with Gasteiger partial charge in [-0.1, -0.05) is 0 Å². The zero-order valence-corrected chi connectivity index (χ0v) is 5.46. The molecule has 0 aromatic rings. The smallest absolute Gasteiger partial charge is 0.297 e. The Morgan fingerprint density at radius 3 is 2.89 bits per heavy atom. The molecule has 1 rings (SSSR count). The summed E-state index contributed by atoms with van der Waals surface area (Å²) in [7, 11) is 0. The van der Waals surface area contributed by atoms with E-state index in [1.165, 1.54) is 0 Å². The first kappa shape index (κ1) is 6.51. The van der Waals surface area contributed by atoms with Crippen LogP contribution in [0.25, 0.3) is 0 Å². The second kappa shape index (κ2) is 1.97. The van der Waals surface area contributed by atoms with Crippen molar-refractivity contribution in [3.8, 4) is 0 Å². The van der Waals surface area contributed by atoms with Crippen LogP contribution in [0.5, 0.6) is 0 Å². The third-order valence-corrected chi connectivity index (χ3v) is 1.14. The van der Waals surface area contributed by atoms with Gasteiger partial charge in [0, 0.05) is 13.5 Å². The van der Waals surface area contributed by atoms with Crippen molar-refractivity contribution in [1.29, 1.82) is 0 Å². The largest absolute Gasteiger partial charge is 0.330 e. The van der Waals surface area contributed by atoms with Crippen molar-refractivity contribution in [1.82, 2.24) is 5.06 Å². The maximum Gasteiger partial charge on any atom is 0.297 e. The molecule has 1 unspecified atom stereocenters. The maximum atomic E-state index is 9.98. The Balaban J connectivity index is 2.33. The summed E-state index contributed by atoms with van der Waals surface area (Å²) in [4.78, 5) is 14.7. The molecule has 52 valence electrons. The molecule has 4 nitrogen and oxygen atoms in total. The Morgan fingerprint density at radius 1 is 1.89 bits per heavy atom. The van der Waals surface area contributed by atoms with Crippen LogP contribution in [0.3, 0.4) is 0 Å². The molecule has 1 aliphatic heterocycles. The Morgan fingerprint density at radius 2 is 2.56 bits per heavy atom. The van der Waals surface area contributed by atoms with Gasteiger partial charge in [-0.15, -0.1) is 0 Å². The van der Waals surface area contributed by atoms with Gasteiger partial charge in [0.25, 0.3) is 5.91 Å². The number of carbonyl (C=O) groups is 1. The summed E-state index contributed by atoms with van der Waals surface area (Å²) in [6.07, 6.45) is 0.593. The second-order valence-corrected chi connectivity index (χ2v) is 1.85. The highest BCUT2D eigenvalue weighted by atomic mass is 17.0. The average molecular weight is 131 g/mol. The Hall–Kier alpha value is -0.610. The molecule has 0 aromatic carbocycles. The summed E-state index contributed by atoms with van der Waals surface area (Å²) >= 11 is 0. The van der Waals surface area contributed by atoms with E-state index in [9.17, 15) is 4.79 Å². The molecule has 1 aliphatic rings. The second-order valence-electron chi connectivity index (χ2n) is 1.85. The third kappa shape index (κ3) is 1.04. The van der Waals surface area contributed by atoms with E-state index in [0.717, 1.165) is 5.06 Å². The van der Waals surface area contributed by atoms with Crippen LogP contribution in [0, 0.1) is 0 Å². The predicted molar refractivity (Wildman–Crippen MR) is 29.0 cm³/mol. The third-order valence-electron chi connectivity index (χ3n) is 1.14. The monoisotopic (exact) mass is 131 g/mol. The summed E-state index contributed by atoms with van der Waals surface area (Å²) in [5, 5.41) is 1.12. The van der Waals surface area contributed by atoms with Crippen molar-refractivity contribution >= 4 is 6.41 Å². The van der Waals surface area contributed by atoms with Gasteiger partial charge in [0.2, 0.25) is 6.41 Å². The molecule has 1 amide bonds. The number of rotatable bonds is 3. The molecular formula is C5H9NO3. The first-order valence-corrected chi connectivity index (χ1v) is 2.80. The van der Waals surface area contributed by atoms with E-state index in [4.69, 9.17) is 9.57 Å². The number of hydrogen-bond donors (Lipinski definition) is 0. The number of hydroxylamine groups is 2. The molecule has 1 atom stereocenters. The Bertz CT molecular complexity index is 127. The van der Waals surface area contributed by atoms with Gasteiger partial charge >= 0.3 is 0 Å². The van der Waals surface area contributed by atoms with Crippen molar-refractivity contribution in [2.75, 3.05) is 6.61 Å². The minimum Gasteiger partial charge on any atom is -0.330 e. The molecule has 1 fully saturated rings. The predicted octanol–water partition coefficient (Wildman–Crippen LogP) is 0.100. The van der Waals surface area contributed by atoms with Gasteiger partial charge in [-0.3, -0.25) is 4.79 Å². The number of amides is 1. The molecule has 0 aromatic heterocycles. The van der Waals surface area contributed by atoms with Crippen LogP contribution < -0.4 is 0 Å². The van der Waals surface area contributed by atoms with Gasteiger partial charge < -0.3 is 4.74 Å². The van der Waals surface area contributed by atoms with E-state index in [0.29, 0.717) is 13.0 Å². The first-order valence-electron chi connectivity index (χ1n) is 2.80. The normalized spacial score (nSPS) is 32.4. The number of hydrogen-bond acceptors (Lipinski definition) is 3. The number of nitrogens with zero attached hydrogens (tertiary/aromatic N) is 1. The lowest BCUT2D eigenvalue weighted by atomic mass is 10.6. The van der Waals surface area contributed by atoms with Crippen LogP contribution in [0.1, 0.15) is 13.8 Å². The van der Waals surface area contributed by atoms with Gasteiger partial charge in [-0.2, -0.15) is 5.06 Å². The number of ether oxygens (including phenoxy) is 1. The van der Waals surface area contributed by atoms with Gasteiger partial charge in [0.05, 0.1) is 0 Å². The van der Waals surface area contributed by atoms with E-state index >= 15 is 0 Å². The van der Waals surface area contributed by atoms with Crippen molar-refractivity contribution < 1.29 is 14.4 Å². The highest BCUT2D eigenvalue weighted by Gasteiger charge is 2.52. The molecule has 0 spiro atoms. The average Bonchev–Trinajstić information content (AvgIpc) is 2.43. The molecule has 0 radical (unpaired) electrons. The molecule has 0 N–H and O–H groups in total. The van der Waals surface area contributed by atoms with Crippen molar-refractivity contribution in [2.24, 2.45) is 0 Å². The topological polar surface area (TPSA) is 41.8 Å². The van der Waals surface area contributed by atoms with E-state index in [1.807, 2.05) is 6.92 Å². The lowest BCUT2D eigenvalue weighted by Gasteiger charge is -2.00.